The highest BCUT2D eigenvalue weighted by Gasteiger charge is 2.46. The number of amides is 1. The van der Waals surface area contributed by atoms with Crippen LogP contribution >= 0.6 is 11.3 Å². The fourth-order valence-corrected chi connectivity index (χ4v) is 4.88. The molecule has 1 N–H and O–H groups in total. The van der Waals surface area contributed by atoms with E-state index in [9.17, 15) is 4.79 Å². The van der Waals surface area contributed by atoms with Gasteiger partial charge in [0.1, 0.15) is 0 Å². The van der Waals surface area contributed by atoms with Gasteiger partial charge in [-0.3, -0.25) is 9.69 Å². The average Bonchev–Trinajstić information content (AvgIpc) is 3.33. The Kier molecular flexibility index (Phi) is 5.78. The number of ether oxygens (including phenoxy) is 2. The first kappa shape index (κ1) is 19.5. The summed E-state index contributed by atoms with van der Waals surface area (Å²) in [6.45, 7) is 4.74. The number of aryl methyl sites for hydroxylation is 1. The van der Waals surface area contributed by atoms with Crippen molar-refractivity contribution in [1.29, 1.82) is 0 Å². The Bertz CT molecular complexity index is 832. The van der Waals surface area contributed by atoms with Gasteiger partial charge in [0, 0.05) is 43.4 Å². The molecule has 1 aromatic heterocycles. The predicted octanol–water partition coefficient (Wildman–Crippen LogP) is 3.33. The van der Waals surface area contributed by atoms with Crippen LogP contribution in [0.15, 0.2) is 29.6 Å². The zero-order valence-corrected chi connectivity index (χ0v) is 17.3. The van der Waals surface area contributed by atoms with Crippen molar-refractivity contribution in [2.24, 2.45) is 0 Å². The lowest BCUT2D eigenvalue weighted by Gasteiger charge is -2.44. The SMILES string of the molecule is CO[C@H]1CN(CC(=O)Nc2cccc(-c3csc(C)n3)c2)CC[C@]12CCCO2. The van der Waals surface area contributed by atoms with Gasteiger partial charge in [0.2, 0.25) is 5.91 Å². The number of aromatic nitrogens is 1. The monoisotopic (exact) mass is 401 g/mol. The fraction of sp³-hybridized carbons (Fsp3) is 0.524. The molecule has 150 valence electrons. The molecule has 3 heterocycles. The number of hydrogen-bond acceptors (Lipinski definition) is 6. The molecule has 7 heteroatoms. The topological polar surface area (TPSA) is 63.7 Å². The summed E-state index contributed by atoms with van der Waals surface area (Å²) in [5.41, 5.74) is 2.60. The molecule has 0 aliphatic carbocycles. The van der Waals surface area contributed by atoms with Crippen LogP contribution < -0.4 is 5.32 Å². The molecule has 0 saturated carbocycles. The maximum absolute atomic E-state index is 12.6. The summed E-state index contributed by atoms with van der Waals surface area (Å²) in [5, 5.41) is 6.09. The van der Waals surface area contributed by atoms with Gasteiger partial charge in [0.15, 0.2) is 0 Å². The summed E-state index contributed by atoms with van der Waals surface area (Å²) in [6.07, 6.45) is 3.08. The number of carbonyl (C=O) groups is 1. The molecule has 4 rings (SSSR count). The molecular weight excluding hydrogens is 374 g/mol. The van der Waals surface area contributed by atoms with Crippen molar-refractivity contribution in [3.63, 3.8) is 0 Å². The summed E-state index contributed by atoms with van der Waals surface area (Å²) in [6, 6.07) is 7.85. The van der Waals surface area contributed by atoms with Crippen molar-refractivity contribution in [1.82, 2.24) is 9.88 Å². The molecular formula is C21H27N3O3S. The summed E-state index contributed by atoms with van der Waals surface area (Å²) in [5.74, 6) is -0.00949. The number of benzene rings is 1. The van der Waals surface area contributed by atoms with Gasteiger partial charge in [-0.1, -0.05) is 12.1 Å². The highest BCUT2D eigenvalue weighted by molar-refractivity contribution is 7.09. The zero-order valence-electron chi connectivity index (χ0n) is 16.4. The van der Waals surface area contributed by atoms with Crippen molar-refractivity contribution in [3.05, 3.63) is 34.7 Å². The Morgan fingerprint density at radius 2 is 2.36 bits per heavy atom. The summed E-state index contributed by atoms with van der Waals surface area (Å²) in [4.78, 5) is 19.3. The van der Waals surface area contributed by atoms with Gasteiger partial charge in [-0.25, -0.2) is 4.98 Å². The predicted molar refractivity (Wildman–Crippen MR) is 111 cm³/mol. The van der Waals surface area contributed by atoms with Gasteiger partial charge in [-0.15, -0.1) is 11.3 Å². The van der Waals surface area contributed by atoms with Gasteiger partial charge in [-0.2, -0.15) is 0 Å². The van der Waals surface area contributed by atoms with E-state index in [-0.39, 0.29) is 17.6 Å². The van der Waals surface area contributed by atoms with E-state index < -0.39 is 0 Å². The molecule has 2 saturated heterocycles. The Labute approximate surface area is 169 Å². The molecule has 2 atom stereocenters. The lowest BCUT2D eigenvalue weighted by atomic mass is 9.86. The third kappa shape index (κ3) is 4.12. The van der Waals surface area contributed by atoms with E-state index in [4.69, 9.17) is 9.47 Å². The smallest absolute Gasteiger partial charge is 0.238 e. The first-order valence-electron chi connectivity index (χ1n) is 9.79. The Morgan fingerprint density at radius 3 is 3.07 bits per heavy atom. The van der Waals surface area contributed by atoms with Crippen molar-refractivity contribution in [3.8, 4) is 11.3 Å². The molecule has 6 nitrogen and oxygen atoms in total. The third-order valence-corrected chi connectivity index (χ3v) is 6.48. The van der Waals surface area contributed by atoms with Crippen molar-refractivity contribution in [2.75, 3.05) is 38.7 Å². The molecule has 0 radical (unpaired) electrons. The quantitative estimate of drug-likeness (QED) is 0.833. The lowest BCUT2D eigenvalue weighted by molar-refractivity contribution is -0.145. The van der Waals surface area contributed by atoms with E-state index in [2.05, 4.69) is 15.2 Å². The number of hydrogen-bond donors (Lipinski definition) is 1. The van der Waals surface area contributed by atoms with Crippen LogP contribution in [-0.4, -0.2) is 60.8 Å². The van der Waals surface area contributed by atoms with Crippen LogP contribution in [0.3, 0.4) is 0 Å². The number of nitrogens with zero attached hydrogens (tertiary/aromatic N) is 2. The minimum atomic E-state index is -0.151. The molecule has 2 fully saturated rings. The second kappa shape index (κ2) is 8.29. The molecule has 1 aromatic carbocycles. The number of piperidine rings is 1. The maximum atomic E-state index is 12.6. The number of thiazole rings is 1. The first-order chi connectivity index (χ1) is 13.6. The minimum absolute atomic E-state index is 0.00949. The number of nitrogens with one attached hydrogen (secondary N) is 1. The van der Waals surface area contributed by atoms with Crippen LogP contribution in [0.2, 0.25) is 0 Å². The average molecular weight is 402 g/mol. The molecule has 0 bridgehead atoms. The number of anilines is 1. The summed E-state index contributed by atoms with van der Waals surface area (Å²) < 4.78 is 11.8. The summed E-state index contributed by atoms with van der Waals surface area (Å²) >= 11 is 1.63. The van der Waals surface area contributed by atoms with E-state index in [0.717, 1.165) is 60.9 Å². The van der Waals surface area contributed by atoms with Gasteiger partial charge in [0.25, 0.3) is 0 Å². The molecule has 2 aromatic rings. The number of rotatable bonds is 5. The van der Waals surface area contributed by atoms with Crippen LogP contribution in [0.1, 0.15) is 24.3 Å². The Morgan fingerprint density at radius 1 is 1.46 bits per heavy atom. The largest absolute Gasteiger partial charge is 0.377 e. The number of carbonyl (C=O) groups excluding carboxylic acids is 1. The number of likely N-dealkylation sites (tertiary alicyclic amines) is 1. The van der Waals surface area contributed by atoms with E-state index >= 15 is 0 Å². The second-order valence-corrected chi connectivity index (χ2v) is 8.67. The van der Waals surface area contributed by atoms with Crippen LogP contribution in [0, 0.1) is 6.92 Å². The van der Waals surface area contributed by atoms with Crippen LogP contribution in [0.5, 0.6) is 0 Å². The third-order valence-electron chi connectivity index (χ3n) is 5.71. The molecule has 0 unspecified atom stereocenters. The van der Waals surface area contributed by atoms with Crippen LogP contribution in [0.4, 0.5) is 5.69 Å². The van der Waals surface area contributed by atoms with Crippen molar-refractivity contribution < 1.29 is 14.3 Å². The second-order valence-electron chi connectivity index (χ2n) is 7.61. The van der Waals surface area contributed by atoms with Crippen LogP contribution in [0.25, 0.3) is 11.3 Å². The van der Waals surface area contributed by atoms with Crippen molar-refractivity contribution in [2.45, 2.75) is 37.9 Å². The number of methoxy groups -OCH3 is 1. The maximum Gasteiger partial charge on any atom is 0.238 e. The minimum Gasteiger partial charge on any atom is -0.377 e. The highest BCUT2D eigenvalue weighted by Crippen LogP contribution is 2.37. The summed E-state index contributed by atoms with van der Waals surface area (Å²) in [7, 11) is 1.74. The van der Waals surface area contributed by atoms with Crippen molar-refractivity contribution >= 4 is 22.9 Å². The fourth-order valence-electron chi connectivity index (χ4n) is 4.26. The first-order valence-corrected chi connectivity index (χ1v) is 10.7. The van der Waals surface area contributed by atoms with E-state index in [1.165, 1.54) is 0 Å². The Balaban J connectivity index is 1.36. The molecule has 28 heavy (non-hydrogen) atoms. The molecule has 1 spiro atoms. The standard InChI is InChI=1S/C21H27N3O3S/c1-15-22-18(14-28-15)16-5-3-6-17(11-16)23-20(25)13-24-9-8-21(7-4-10-27-21)19(12-24)26-2/h3,5-6,11,14,19H,4,7-10,12-13H2,1-2H3,(H,23,25)/t19-,21+/m0/s1. The van der Waals surface area contributed by atoms with Crippen LogP contribution in [-0.2, 0) is 14.3 Å². The van der Waals surface area contributed by atoms with Gasteiger partial charge < -0.3 is 14.8 Å². The lowest BCUT2D eigenvalue weighted by Crippen LogP contribution is -2.57. The Hall–Kier alpha value is -1.80. The van der Waals surface area contributed by atoms with E-state index in [1.807, 2.05) is 36.6 Å². The van der Waals surface area contributed by atoms with Gasteiger partial charge in [0.05, 0.1) is 29.0 Å². The normalized spacial score (nSPS) is 25.3. The molecule has 2 aliphatic rings. The molecule has 1 amide bonds. The molecule has 2 aliphatic heterocycles. The van der Waals surface area contributed by atoms with Gasteiger partial charge in [-0.05, 0) is 38.3 Å². The zero-order chi connectivity index (χ0) is 19.6. The van der Waals surface area contributed by atoms with Gasteiger partial charge >= 0.3 is 0 Å². The highest BCUT2D eigenvalue weighted by atomic mass is 32.1. The van der Waals surface area contributed by atoms with E-state index in [0.29, 0.717) is 6.54 Å². The van der Waals surface area contributed by atoms with E-state index in [1.54, 1.807) is 18.4 Å².